The summed E-state index contributed by atoms with van der Waals surface area (Å²) in [5.74, 6) is 0. The summed E-state index contributed by atoms with van der Waals surface area (Å²) in [6.07, 6.45) is 0. The van der Waals surface area contributed by atoms with Crippen molar-refractivity contribution in [3.8, 4) is 34.0 Å². The second kappa shape index (κ2) is 11.8. The minimum Gasteiger partial charge on any atom is -0.310 e. The van der Waals surface area contributed by atoms with Gasteiger partial charge in [0.15, 0.2) is 0 Å². The van der Waals surface area contributed by atoms with Gasteiger partial charge in [0.05, 0.1) is 17.1 Å². The molecule has 1 aliphatic heterocycles. The topological polar surface area (TPSA) is 28.7 Å². The molecule has 0 saturated carbocycles. The molecule has 0 fully saturated rings. The lowest BCUT2D eigenvalue weighted by molar-refractivity contribution is 1.18. The molecule has 256 valence electrons. The molecule has 12 rings (SSSR count). The average molecular weight is 707 g/mol. The van der Waals surface area contributed by atoms with Gasteiger partial charge in [-0.2, -0.15) is 5.26 Å². The number of rotatable bonds is 3. The molecule has 0 spiro atoms. The molecule has 0 radical (unpaired) electrons. The summed E-state index contributed by atoms with van der Waals surface area (Å²) in [6.45, 7) is -0.0423. The molecule has 11 aromatic rings. The van der Waals surface area contributed by atoms with Crippen LogP contribution in [0.3, 0.4) is 0 Å². The number of fused-ring (bicyclic) bond motifs is 6. The number of nitriles is 1. The number of aromatic nitrogens is 1. The Hall–Kier alpha value is -7.41. The molecule has 0 saturated heterocycles. The van der Waals surface area contributed by atoms with Crippen molar-refractivity contribution in [2.24, 2.45) is 0 Å². The highest BCUT2D eigenvalue weighted by atomic mass is 15.0. The third kappa shape index (κ3) is 4.33. The van der Waals surface area contributed by atoms with Gasteiger partial charge in [0.2, 0.25) is 6.71 Å². The maximum atomic E-state index is 10.2. The van der Waals surface area contributed by atoms with E-state index in [1.165, 1.54) is 92.4 Å². The largest absolute Gasteiger partial charge is 0.310 e. The van der Waals surface area contributed by atoms with Crippen LogP contribution in [-0.2, 0) is 0 Å². The Morgan fingerprint density at radius 2 is 1.02 bits per heavy atom. The average Bonchev–Trinajstić information content (AvgIpc) is 3.39. The van der Waals surface area contributed by atoms with Crippen molar-refractivity contribution >= 4 is 88.0 Å². The van der Waals surface area contributed by atoms with Crippen LogP contribution < -0.4 is 16.4 Å². The van der Waals surface area contributed by atoms with Crippen molar-refractivity contribution in [3.63, 3.8) is 0 Å². The molecule has 3 heteroatoms. The second-order valence-corrected chi connectivity index (χ2v) is 15.1. The van der Waals surface area contributed by atoms with Crippen LogP contribution in [0.2, 0.25) is 0 Å². The van der Waals surface area contributed by atoms with Crippen molar-refractivity contribution in [2.45, 2.75) is 0 Å². The molecular formula is C53H31BN2. The molecule has 1 aliphatic rings. The summed E-state index contributed by atoms with van der Waals surface area (Å²) in [6, 6.07) is 71.2. The molecule has 2 nitrogen and oxygen atoms in total. The predicted molar refractivity (Wildman–Crippen MR) is 237 cm³/mol. The van der Waals surface area contributed by atoms with Crippen LogP contribution in [-0.4, -0.2) is 11.3 Å². The molecule has 56 heavy (non-hydrogen) atoms. The Morgan fingerprint density at radius 3 is 1.86 bits per heavy atom. The zero-order chi connectivity index (χ0) is 36.9. The van der Waals surface area contributed by atoms with E-state index in [1.54, 1.807) is 0 Å². The molecule has 2 heterocycles. The van der Waals surface area contributed by atoms with Crippen LogP contribution in [0.5, 0.6) is 0 Å². The van der Waals surface area contributed by atoms with Crippen molar-refractivity contribution < 1.29 is 0 Å². The van der Waals surface area contributed by atoms with Crippen LogP contribution in [0.25, 0.3) is 92.8 Å². The summed E-state index contributed by atoms with van der Waals surface area (Å²) in [4.78, 5) is 0. The van der Waals surface area contributed by atoms with Gasteiger partial charge in [0.25, 0.3) is 0 Å². The summed E-state index contributed by atoms with van der Waals surface area (Å²) >= 11 is 0. The molecule has 0 aliphatic carbocycles. The van der Waals surface area contributed by atoms with E-state index in [0.29, 0.717) is 5.56 Å². The van der Waals surface area contributed by atoms with E-state index in [1.807, 2.05) is 18.2 Å². The normalized spacial score (nSPS) is 12.2. The van der Waals surface area contributed by atoms with Crippen molar-refractivity contribution in [2.75, 3.05) is 0 Å². The van der Waals surface area contributed by atoms with E-state index < -0.39 is 0 Å². The van der Waals surface area contributed by atoms with Crippen LogP contribution in [0.1, 0.15) is 5.56 Å². The van der Waals surface area contributed by atoms with Crippen molar-refractivity contribution in [3.05, 3.63) is 194 Å². The van der Waals surface area contributed by atoms with Gasteiger partial charge in [-0.15, -0.1) is 0 Å². The molecular weight excluding hydrogens is 675 g/mol. The lowest BCUT2D eigenvalue weighted by atomic mass is 9.35. The molecule has 0 N–H and O–H groups in total. The smallest absolute Gasteiger partial charge is 0.246 e. The lowest BCUT2D eigenvalue weighted by Gasteiger charge is -2.30. The van der Waals surface area contributed by atoms with Crippen molar-refractivity contribution in [1.82, 2.24) is 4.57 Å². The summed E-state index contributed by atoms with van der Waals surface area (Å²) in [7, 11) is 0. The van der Waals surface area contributed by atoms with E-state index in [0.717, 1.165) is 16.8 Å². The molecule has 0 bridgehead atoms. The van der Waals surface area contributed by atoms with E-state index in [2.05, 4.69) is 180 Å². The number of hydrogen-bond donors (Lipinski definition) is 0. The third-order valence-electron chi connectivity index (χ3n) is 12.3. The van der Waals surface area contributed by atoms with Gasteiger partial charge in [0, 0.05) is 22.0 Å². The second-order valence-electron chi connectivity index (χ2n) is 15.1. The minimum atomic E-state index is -0.0423. The van der Waals surface area contributed by atoms with Gasteiger partial charge in [-0.1, -0.05) is 175 Å². The summed E-state index contributed by atoms with van der Waals surface area (Å²) in [5, 5.41) is 22.6. The first-order valence-corrected chi connectivity index (χ1v) is 19.3. The van der Waals surface area contributed by atoms with Crippen LogP contribution in [0.15, 0.2) is 188 Å². The Labute approximate surface area is 324 Å². The fraction of sp³-hybridized carbons (Fsp3) is 0. The van der Waals surface area contributed by atoms with Crippen LogP contribution in [0.4, 0.5) is 0 Å². The third-order valence-corrected chi connectivity index (χ3v) is 12.3. The zero-order valence-corrected chi connectivity index (χ0v) is 30.4. The molecule has 0 unspecified atom stereocenters. The first-order valence-electron chi connectivity index (χ1n) is 19.3. The van der Waals surface area contributed by atoms with E-state index in [4.69, 9.17) is 0 Å². The van der Waals surface area contributed by atoms with E-state index in [-0.39, 0.29) is 6.71 Å². The highest BCUT2D eigenvalue weighted by molar-refractivity contribution is 6.98. The molecule has 1 aromatic heterocycles. The van der Waals surface area contributed by atoms with E-state index >= 15 is 0 Å². The highest BCUT2D eigenvalue weighted by Crippen LogP contribution is 2.40. The molecule has 0 amide bonds. The quantitative estimate of drug-likeness (QED) is 0.168. The van der Waals surface area contributed by atoms with Gasteiger partial charge >= 0.3 is 0 Å². The highest BCUT2D eigenvalue weighted by Gasteiger charge is 2.34. The van der Waals surface area contributed by atoms with Crippen LogP contribution in [0, 0.1) is 11.3 Å². The monoisotopic (exact) mass is 706 g/mol. The maximum absolute atomic E-state index is 10.2. The summed E-state index contributed by atoms with van der Waals surface area (Å²) < 4.78 is 2.53. The number of nitrogens with zero attached hydrogens (tertiary/aromatic N) is 2. The maximum Gasteiger partial charge on any atom is 0.246 e. The van der Waals surface area contributed by atoms with Gasteiger partial charge in [-0.05, 0) is 94.5 Å². The van der Waals surface area contributed by atoms with Crippen LogP contribution >= 0.6 is 0 Å². The number of benzene rings is 10. The Kier molecular flexibility index (Phi) is 6.53. The molecule has 10 aromatic carbocycles. The Balaban J connectivity index is 1.23. The zero-order valence-electron chi connectivity index (χ0n) is 30.4. The Bertz CT molecular complexity index is 3500. The van der Waals surface area contributed by atoms with E-state index in [9.17, 15) is 5.26 Å². The fourth-order valence-electron chi connectivity index (χ4n) is 9.85. The van der Waals surface area contributed by atoms with Gasteiger partial charge in [-0.3, -0.25) is 0 Å². The fourth-order valence-corrected chi connectivity index (χ4v) is 9.85. The summed E-state index contributed by atoms with van der Waals surface area (Å²) in [5.41, 5.74) is 12.5. The van der Waals surface area contributed by atoms with Crippen molar-refractivity contribution in [1.29, 1.82) is 5.26 Å². The van der Waals surface area contributed by atoms with Gasteiger partial charge < -0.3 is 4.57 Å². The predicted octanol–water partition coefficient (Wildman–Crippen LogP) is 11.4. The van der Waals surface area contributed by atoms with Gasteiger partial charge in [-0.25, -0.2) is 0 Å². The minimum absolute atomic E-state index is 0.0423. The molecule has 0 atom stereocenters. The first kappa shape index (κ1) is 31.0. The Morgan fingerprint density at radius 1 is 0.429 bits per heavy atom. The lowest BCUT2D eigenvalue weighted by Crippen LogP contribution is -2.56. The SMILES string of the molecule is N#Cc1ccccc1-c1ccc2c(c1)-n1c3cccc4cccc(c5cccc6ccc(c1c65)B2c1ccc2cccc(-c5cccc6ccccc56)c2c1)c43. The first-order chi connectivity index (χ1) is 27.7. The van der Waals surface area contributed by atoms with Gasteiger partial charge in [0.1, 0.15) is 0 Å². The number of hydrogen-bond acceptors (Lipinski definition) is 1. The standard InChI is InChI=1S/C53H31BN2/c55-32-38-11-2-3-17-40(38)37-26-28-47-50(30-37)56-49-23-9-16-35-14-7-21-44(51(35)49)45-22-8-15-36-25-29-48(53(56)52(36)45)54(47)39-27-24-34-13-6-20-43(46(34)31-39)42-19-5-12-33-10-1-4-18-41(33)42/h1-31H.